The molecule has 0 aliphatic carbocycles. The molecule has 0 radical (unpaired) electrons. The molecule has 0 unspecified atom stereocenters. The van der Waals surface area contributed by atoms with Gasteiger partial charge in [0.1, 0.15) is 5.42 Å². The number of aryl methyl sites for hydroxylation is 1. The van der Waals surface area contributed by atoms with E-state index in [0.717, 1.165) is 10.8 Å². The molecule has 1 aromatic rings. The van der Waals surface area contributed by atoms with Gasteiger partial charge in [0.2, 0.25) is 0 Å². The van der Waals surface area contributed by atoms with Gasteiger partial charge in [-0.15, -0.1) is 0 Å². The van der Waals surface area contributed by atoms with Gasteiger partial charge in [0.25, 0.3) is 0 Å². The molecule has 0 N–H and O–H groups in total. The lowest BCUT2D eigenvalue weighted by Gasteiger charge is -1.92. The molecule has 0 aliphatic heterocycles. The minimum Gasteiger partial charge on any atom is -0.423 e. The minimum absolute atomic E-state index is 0.286. The first-order valence-corrected chi connectivity index (χ1v) is 3.92. The molecular weight excluding hydrogens is 152 g/mol. The van der Waals surface area contributed by atoms with E-state index in [0.29, 0.717) is 5.42 Å². The normalized spacial score (nSPS) is 13.9. The van der Waals surface area contributed by atoms with Gasteiger partial charge in [-0.05, 0) is 32.4 Å². The molecule has 0 bridgehead atoms. The minimum atomic E-state index is -0.286. The zero-order valence-corrected chi connectivity index (χ0v) is 7.55. The van der Waals surface area contributed by atoms with E-state index in [2.05, 4.69) is 0 Å². The van der Waals surface area contributed by atoms with E-state index < -0.39 is 0 Å². The lowest BCUT2D eigenvalue weighted by Crippen LogP contribution is -2.30. The van der Waals surface area contributed by atoms with Gasteiger partial charge in [0.15, 0.2) is 0 Å². The van der Waals surface area contributed by atoms with Gasteiger partial charge in [0, 0.05) is 11.3 Å². The molecule has 0 spiro atoms. The van der Waals surface area contributed by atoms with Crippen molar-refractivity contribution in [3.05, 3.63) is 32.7 Å². The molecule has 1 rings (SSSR count). The Bertz CT molecular complexity index is 438. The zero-order chi connectivity index (χ0) is 9.14. The van der Waals surface area contributed by atoms with Crippen molar-refractivity contribution in [1.82, 2.24) is 0 Å². The first-order valence-electron chi connectivity index (χ1n) is 3.92. The molecule has 2 nitrogen and oxygen atoms in total. The molecular formula is C10H12O2. The van der Waals surface area contributed by atoms with Crippen molar-refractivity contribution in [2.75, 3.05) is 0 Å². The molecule has 0 aromatic carbocycles. The average molecular weight is 164 g/mol. The first-order chi connectivity index (χ1) is 5.69. The lowest BCUT2D eigenvalue weighted by molar-refractivity contribution is 0.471. The molecule has 0 saturated heterocycles. The van der Waals surface area contributed by atoms with Crippen molar-refractivity contribution < 1.29 is 4.42 Å². The second-order valence-electron chi connectivity index (χ2n) is 2.60. The molecule has 0 amide bonds. The van der Waals surface area contributed by atoms with Crippen molar-refractivity contribution in [2.45, 2.75) is 20.8 Å². The van der Waals surface area contributed by atoms with Crippen LogP contribution in [0.4, 0.5) is 0 Å². The Morgan fingerprint density at radius 3 is 2.50 bits per heavy atom. The smallest absolute Gasteiger partial charge is 0.336 e. The van der Waals surface area contributed by atoms with E-state index in [-0.39, 0.29) is 5.63 Å². The van der Waals surface area contributed by atoms with Gasteiger partial charge in [-0.2, -0.15) is 0 Å². The van der Waals surface area contributed by atoms with Crippen LogP contribution >= 0.6 is 0 Å². The van der Waals surface area contributed by atoms with E-state index in [1.54, 1.807) is 6.08 Å². The monoisotopic (exact) mass is 164 g/mol. The molecule has 0 aliphatic rings. The summed E-state index contributed by atoms with van der Waals surface area (Å²) >= 11 is 0. The van der Waals surface area contributed by atoms with Crippen molar-refractivity contribution in [3.8, 4) is 0 Å². The summed E-state index contributed by atoms with van der Waals surface area (Å²) in [5.41, 5.74) is 1.33. The molecule has 0 fully saturated rings. The predicted molar refractivity (Wildman–Crippen MR) is 49.2 cm³/mol. The molecule has 12 heavy (non-hydrogen) atoms. The Morgan fingerprint density at radius 1 is 1.33 bits per heavy atom. The first kappa shape index (κ1) is 8.78. The highest BCUT2D eigenvalue weighted by Gasteiger charge is 1.93. The van der Waals surface area contributed by atoms with E-state index in [1.807, 2.05) is 26.8 Å². The van der Waals surface area contributed by atoms with Crippen LogP contribution in [0.1, 0.15) is 19.4 Å². The number of hydrogen-bond acceptors (Lipinski definition) is 2. The van der Waals surface area contributed by atoms with Crippen LogP contribution < -0.4 is 16.3 Å². The third-order valence-electron chi connectivity index (χ3n) is 1.79. The summed E-state index contributed by atoms with van der Waals surface area (Å²) in [6.45, 7) is 5.68. The Labute approximate surface area is 70.8 Å². The summed E-state index contributed by atoms with van der Waals surface area (Å²) in [5.74, 6) is 0. The van der Waals surface area contributed by atoms with Gasteiger partial charge < -0.3 is 4.42 Å². The highest BCUT2D eigenvalue weighted by Crippen LogP contribution is 1.77. The lowest BCUT2D eigenvalue weighted by atomic mass is 10.2. The van der Waals surface area contributed by atoms with E-state index in [1.165, 1.54) is 6.07 Å². The van der Waals surface area contributed by atoms with Crippen molar-refractivity contribution >= 4 is 12.2 Å². The van der Waals surface area contributed by atoms with Gasteiger partial charge >= 0.3 is 5.63 Å². The number of hydrogen-bond donors (Lipinski definition) is 0. The third kappa shape index (κ3) is 1.47. The third-order valence-corrected chi connectivity index (χ3v) is 1.79. The highest BCUT2D eigenvalue weighted by atomic mass is 16.4. The van der Waals surface area contributed by atoms with Crippen LogP contribution in [0.5, 0.6) is 0 Å². The zero-order valence-electron chi connectivity index (χ0n) is 7.55. The van der Waals surface area contributed by atoms with Crippen LogP contribution in [-0.2, 0) is 0 Å². The molecule has 0 atom stereocenters. The second-order valence-corrected chi connectivity index (χ2v) is 2.60. The van der Waals surface area contributed by atoms with Crippen LogP contribution in [-0.4, -0.2) is 0 Å². The molecule has 0 saturated carbocycles. The topological polar surface area (TPSA) is 30.2 Å². The predicted octanol–water partition coefficient (Wildman–Crippen LogP) is 0.549. The van der Waals surface area contributed by atoms with Crippen LogP contribution in [0.3, 0.4) is 0 Å². The van der Waals surface area contributed by atoms with Gasteiger partial charge in [-0.25, -0.2) is 4.79 Å². The van der Waals surface area contributed by atoms with Gasteiger partial charge in [-0.1, -0.05) is 6.08 Å². The standard InChI is InChI=1S/C10H12O2/c1-4-8-7(3)6-10(11)12-9(8)5-2/h4-6H,1-3H3/b8-4-,9-5+. The fourth-order valence-corrected chi connectivity index (χ4v) is 1.23. The second kappa shape index (κ2) is 3.39. The number of rotatable bonds is 0. The Hall–Kier alpha value is -1.31. The van der Waals surface area contributed by atoms with Gasteiger partial charge in [0.05, 0.1) is 0 Å². The summed E-state index contributed by atoms with van der Waals surface area (Å²) < 4.78 is 4.99. The fourth-order valence-electron chi connectivity index (χ4n) is 1.23. The molecule has 64 valence electrons. The Balaban J connectivity index is 3.82. The Kier molecular flexibility index (Phi) is 2.48. The van der Waals surface area contributed by atoms with Crippen molar-refractivity contribution in [3.63, 3.8) is 0 Å². The summed E-state index contributed by atoms with van der Waals surface area (Å²) in [6, 6.07) is 1.50. The van der Waals surface area contributed by atoms with Crippen molar-refractivity contribution in [2.24, 2.45) is 0 Å². The summed E-state index contributed by atoms with van der Waals surface area (Å²) in [4.78, 5) is 10.9. The maximum atomic E-state index is 10.9. The summed E-state index contributed by atoms with van der Waals surface area (Å²) in [5, 5.41) is 0.997. The SMILES string of the molecule is C/C=c1/c(C)cc(=O)o/c1=C/C. The Morgan fingerprint density at radius 2 is 2.00 bits per heavy atom. The maximum Gasteiger partial charge on any atom is 0.336 e. The van der Waals surface area contributed by atoms with Crippen LogP contribution in [0.15, 0.2) is 15.3 Å². The fraction of sp³-hybridized carbons (Fsp3) is 0.300. The quantitative estimate of drug-likeness (QED) is 0.560. The van der Waals surface area contributed by atoms with Gasteiger partial charge in [-0.3, -0.25) is 0 Å². The van der Waals surface area contributed by atoms with E-state index >= 15 is 0 Å². The molecule has 2 heteroatoms. The maximum absolute atomic E-state index is 10.9. The summed E-state index contributed by atoms with van der Waals surface area (Å²) in [6.07, 6.45) is 3.73. The van der Waals surface area contributed by atoms with Crippen LogP contribution in [0, 0.1) is 6.92 Å². The van der Waals surface area contributed by atoms with E-state index in [9.17, 15) is 4.79 Å². The molecule has 1 heterocycles. The largest absolute Gasteiger partial charge is 0.423 e. The summed E-state index contributed by atoms with van der Waals surface area (Å²) in [7, 11) is 0. The average Bonchev–Trinajstić information content (AvgIpc) is 2.03. The van der Waals surface area contributed by atoms with Crippen molar-refractivity contribution in [1.29, 1.82) is 0 Å². The van der Waals surface area contributed by atoms with E-state index in [4.69, 9.17) is 4.42 Å². The van der Waals surface area contributed by atoms with Crippen LogP contribution in [0.25, 0.3) is 12.2 Å². The highest BCUT2D eigenvalue weighted by molar-refractivity contribution is 5.28. The molecule has 1 aromatic heterocycles. The van der Waals surface area contributed by atoms with Crippen LogP contribution in [0.2, 0.25) is 0 Å².